The van der Waals surface area contributed by atoms with Crippen LogP contribution in [0.25, 0.3) is 21.3 Å². The highest BCUT2D eigenvalue weighted by Gasteiger charge is 2.13. The molecule has 0 amide bonds. The van der Waals surface area contributed by atoms with Crippen molar-refractivity contribution in [3.63, 3.8) is 0 Å². The van der Waals surface area contributed by atoms with Crippen LogP contribution in [0.5, 0.6) is 5.75 Å². The van der Waals surface area contributed by atoms with Crippen molar-refractivity contribution in [1.82, 2.24) is 15.2 Å². The number of ether oxygens (including phenoxy) is 1. The fraction of sp³-hybridized carbons (Fsp3) is 0.190. The zero-order chi connectivity index (χ0) is 19.3. The fourth-order valence-corrected chi connectivity index (χ4v) is 3.91. The van der Waals surface area contributed by atoms with Crippen molar-refractivity contribution in [2.75, 3.05) is 19.0 Å². The first-order chi connectivity index (χ1) is 13.8. The molecule has 0 unspecified atom stereocenters. The molecule has 0 aliphatic rings. The number of rotatable bonds is 7. The Kier molecular flexibility index (Phi) is 5.45. The predicted octanol–water partition coefficient (Wildman–Crippen LogP) is 3.74. The van der Waals surface area contributed by atoms with Crippen molar-refractivity contribution in [1.29, 1.82) is 0 Å². The first kappa shape index (κ1) is 18.3. The Morgan fingerprint density at radius 2 is 1.96 bits per heavy atom. The van der Waals surface area contributed by atoms with E-state index < -0.39 is 0 Å². The molecular formula is C21H21N5OS. The minimum absolute atomic E-state index is 0.103. The van der Waals surface area contributed by atoms with Crippen LogP contribution in [-0.2, 0) is 6.42 Å². The third-order valence-electron chi connectivity index (χ3n) is 4.55. The summed E-state index contributed by atoms with van der Waals surface area (Å²) in [4.78, 5) is 4.19. The van der Waals surface area contributed by atoms with E-state index in [4.69, 9.17) is 10.5 Å². The van der Waals surface area contributed by atoms with E-state index in [2.05, 4.69) is 38.7 Å². The maximum absolute atomic E-state index is 5.95. The van der Waals surface area contributed by atoms with Crippen LogP contribution >= 0.6 is 11.3 Å². The molecule has 6 nitrogen and oxygen atoms in total. The molecule has 1 atom stereocenters. The van der Waals surface area contributed by atoms with Crippen LogP contribution in [0.1, 0.15) is 5.56 Å². The van der Waals surface area contributed by atoms with Gasteiger partial charge in [-0.25, -0.2) is 0 Å². The second kappa shape index (κ2) is 8.33. The molecule has 2 aromatic heterocycles. The first-order valence-electron chi connectivity index (χ1n) is 9.03. The van der Waals surface area contributed by atoms with Crippen molar-refractivity contribution in [3.8, 4) is 16.3 Å². The van der Waals surface area contributed by atoms with Crippen molar-refractivity contribution in [2.24, 2.45) is 5.73 Å². The smallest absolute Gasteiger partial charge is 0.206 e. The Morgan fingerprint density at radius 3 is 2.75 bits per heavy atom. The van der Waals surface area contributed by atoms with E-state index in [0.717, 1.165) is 38.6 Å². The van der Waals surface area contributed by atoms with Gasteiger partial charge in [-0.1, -0.05) is 53.8 Å². The zero-order valence-electron chi connectivity index (χ0n) is 15.5. The van der Waals surface area contributed by atoms with Gasteiger partial charge >= 0.3 is 0 Å². The third kappa shape index (κ3) is 3.95. The molecule has 7 heteroatoms. The number of pyridine rings is 1. The molecule has 0 aliphatic heterocycles. The highest BCUT2D eigenvalue weighted by Crippen LogP contribution is 2.32. The lowest BCUT2D eigenvalue weighted by molar-refractivity contribution is 0.418. The van der Waals surface area contributed by atoms with Crippen molar-refractivity contribution in [3.05, 3.63) is 66.5 Å². The van der Waals surface area contributed by atoms with Gasteiger partial charge in [0.05, 0.1) is 13.3 Å². The van der Waals surface area contributed by atoms with E-state index in [1.54, 1.807) is 13.3 Å². The van der Waals surface area contributed by atoms with E-state index >= 15 is 0 Å². The maximum Gasteiger partial charge on any atom is 0.206 e. The van der Waals surface area contributed by atoms with Crippen molar-refractivity contribution in [2.45, 2.75) is 12.5 Å². The number of anilines is 1. The summed E-state index contributed by atoms with van der Waals surface area (Å²) in [5, 5.41) is 15.7. The number of hydrogen-bond acceptors (Lipinski definition) is 7. The van der Waals surface area contributed by atoms with Gasteiger partial charge in [0.2, 0.25) is 5.13 Å². The predicted molar refractivity (Wildman–Crippen MR) is 114 cm³/mol. The van der Waals surface area contributed by atoms with E-state index in [1.165, 1.54) is 16.9 Å². The third-order valence-corrected chi connectivity index (χ3v) is 5.46. The van der Waals surface area contributed by atoms with Gasteiger partial charge in [0, 0.05) is 35.1 Å². The fourth-order valence-electron chi connectivity index (χ4n) is 3.10. The Labute approximate surface area is 167 Å². The lowest BCUT2D eigenvalue weighted by Crippen LogP contribution is -2.30. The van der Waals surface area contributed by atoms with Crippen LogP contribution in [0.4, 0.5) is 5.13 Å². The monoisotopic (exact) mass is 391 g/mol. The van der Waals surface area contributed by atoms with Gasteiger partial charge in [0.25, 0.3) is 0 Å². The summed E-state index contributed by atoms with van der Waals surface area (Å²) < 4.78 is 5.43. The Hall–Kier alpha value is -3.03. The second-order valence-corrected chi connectivity index (χ2v) is 7.43. The van der Waals surface area contributed by atoms with Crippen LogP contribution in [0.15, 0.2) is 60.9 Å². The second-order valence-electron chi connectivity index (χ2n) is 6.46. The molecular weight excluding hydrogens is 370 g/mol. The molecule has 0 saturated heterocycles. The topological polar surface area (TPSA) is 86.0 Å². The summed E-state index contributed by atoms with van der Waals surface area (Å²) in [6, 6.07) is 16.5. The molecule has 0 bridgehead atoms. The van der Waals surface area contributed by atoms with Crippen LogP contribution < -0.4 is 15.8 Å². The van der Waals surface area contributed by atoms with E-state index in [1.807, 2.05) is 36.5 Å². The average molecular weight is 392 g/mol. The molecule has 4 rings (SSSR count). The molecule has 28 heavy (non-hydrogen) atoms. The molecule has 2 heterocycles. The van der Waals surface area contributed by atoms with Gasteiger partial charge in [-0.3, -0.25) is 4.98 Å². The molecule has 142 valence electrons. The minimum atomic E-state index is 0.103. The molecule has 0 radical (unpaired) electrons. The summed E-state index contributed by atoms with van der Waals surface area (Å²) in [6.45, 7) is 0.518. The molecule has 0 fully saturated rings. The normalized spacial score (nSPS) is 12.1. The molecule has 0 spiro atoms. The first-order valence-corrected chi connectivity index (χ1v) is 9.84. The highest BCUT2D eigenvalue weighted by atomic mass is 32.1. The number of benzene rings is 2. The SMILES string of the molecule is COc1cncc2ccc(-c3nnc(N[C@@H](CN)Cc4ccccc4)s3)cc12. The maximum atomic E-state index is 5.95. The molecule has 0 saturated carbocycles. The van der Waals surface area contributed by atoms with Gasteiger partial charge in [0.15, 0.2) is 0 Å². The van der Waals surface area contributed by atoms with Crippen molar-refractivity contribution >= 4 is 27.2 Å². The van der Waals surface area contributed by atoms with Gasteiger partial charge in [-0.15, -0.1) is 10.2 Å². The Bertz CT molecular complexity index is 1070. The number of methoxy groups -OCH3 is 1. The number of fused-ring (bicyclic) bond motifs is 1. The average Bonchev–Trinajstić information content (AvgIpc) is 3.21. The minimum Gasteiger partial charge on any atom is -0.494 e. The number of nitrogens with zero attached hydrogens (tertiary/aromatic N) is 3. The summed E-state index contributed by atoms with van der Waals surface area (Å²) in [7, 11) is 1.65. The Morgan fingerprint density at radius 1 is 1.11 bits per heavy atom. The quantitative estimate of drug-likeness (QED) is 0.499. The van der Waals surface area contributed by atoms with E-state index in [0.29, 0.717) is 6.54 Å². The molecule has 0 aliphatic carbocycles. The molecule has 2 aromatic carbocycles. The summed E-state index contributed by atoms with van der Waals surface area (Å²) in [5.41, 5.74) is 8.19. The van der Waals surface area contributed by atoms with Crippen molar-refractivity contribution < 1.29 is 4.74 Å². The standard InChI is InChI=1S/C21H21N5OS/c1-27-19-13-23-12-16-8-7-15(10-18(16)19)20-25-26-21(28-20)24-17(11-22)9-14-5-3-2-4-6-14/h2-8,10,12-13,17H,9,11,22H2,1H3,(H,24,26)/t17-/m1/s1. The zero-order valence-corrected chi connectivity index (χ0v) is 16.3. The van der Waals surface area contributed by atoms with Crippen LogP contribution in [0.2, 0.25) is 0 Å². The number of nitrogens with two attached hydrogens (primary N) is 1. The lowest BCUT2D eigenvalue weighted by Gasteiger charge is -2.15. The van der Waals surface area contributed by atoms with Crippen LogP contribution in [0, 0.1) is 0 Å². The number of hydrogen-bond donors (Lipinski definition) is 2. The van der Waals surface area contributed by atoms with Gasteiger partial charge in [0.1, 0.15) is 10.8 Å². The highest BCUT2D eigenvalue weighted by molar-refractivity contribution is 7.18. The van der Waals surface area contributed by atoms with Crippen LogP contribution in [0.3, 0.4) is 0 Å². The van der Waals surface area contributed by atoms with Gasteiger partial charge in [-0.2, -0.15) is 0 Å². The van der Waals surface area contributed by atoms with Crippen LogP contribution in [-0.4, -0.2) is 34.9 Å². The van der Waals surface area contributed by atoms with Gasteiger partial charge in [-0.05, 0) is 18.1 Å². The summed E-state index contributed by atoms with van der Waals surface area (Å²) in [6.07, 6.45) is 4.38. The number of nitrogens with one attached hydrogen (secondary N) is 1. The molecule has 4 aromatic rings. The summed E-state index contributed by atoms with van der Waals surface area (Å²) >= 11 is 1.52. The van der Waals surface area contributed by atoms with E-state index in [9.17, 15) is 0 Å². The Balaban J connectivity index is 1.54. The molecule has 3 N–H and O–H groups in total. The number of aromatic nitrogens is 3. The summed E-state index contributed by atoms with van der Waals surface area (Å²) in [5.74, 6) is 0.744. The lowest BCUT2D eigenvalue weighted by atomic mass is 10.1. The van der Waals surface area contributed by atoms with Gasteiger partial charge < -0.3 is 15.8 Å². The largest absolute Gasteiger partial charge is 0.494 e. The van der Waals surface area contributed by atoms with E-state index in [-0.39, 0.29) is 6.04 Å².